The monoisotopic (exact) mass is 261 g/mol. The molecule has 1 fully saturated rings. The van der Waals surface area contributed by atoms with Crippen molar-refractivity contribution >= 4 is 0 Å². The first-order valence-electron chi connectivity index (χ1n) is 7.48. The average Bonchev–Trinajstić information content (AvgIpc) is 2.49. The van der Waals surface area contributed by atoms with Crippen LogP contribution in [0.1, 0.15) is 30.4 Å². The highest BCUT2D eigenvalue weighted by Gasteiger charge is 2.15. The summed E-state index contributed by atoms with van der Waals surface area (Å²) in [7, 11) is 0. The van der Waals surface area contributed by atoms with Crippen LogP contribution in [0.2, 0.25) is 0 Å². The standard InChI is InChI=1S/C16H23NO2/c1-2-6-15-13(4-1)5-3-7-16(15)19-10-8-14-12-18-11-9-17-14/h3,5,7,14,17H,1-2,4,6,8-12H2. The van der Waals surface area contributed by atoms with Gasteiger partial charge in [0.1, 0.15) is 5.75 Å². The van der Waals surface area contributed by atoms with Gasteiger partial charge in [0.25, 0.3) is 0 Å². The van der Waals surface area contributed by atoms with Crippen LogP contribution >= 0.6 is 0 Å². The van der Waals surface area contributed by atoms with E-state index in [-0.39, 0.29) is 0 Å². The predicted octanol–water partition coefficient (Wildman–Crippen LogP) is 2.32. The summed E-state index contributed by atoms with van der Waals surface area (Å²) in [6.45, 7) is 3.39. The Bertz CT molecular complexity index is 413. The minimum absolute atomic E-state index is 0.452. The van der Waals surface area contributed by atoms with E-state index < -0.39 is 0 Å². The molecule has 19 heavy (non-hydrogen) atoms. The predicted molar refractivity (Wildman–Crippen MR) is 75.8 cm³/mol. The van der Waals surface area contributed by atoms with Crippen LogP contribution in [0.4, 0.5) is 0 Å². The fourth-order valence-electron chi connectivity index (χ4n) is 3.00. The summed E-state index contributed by atoms with van der Waals surface area (Å²) >= 11 is 0. The van der Waals surface area contributed by atoms with Crippen molar-refractivity contribution < 1.29 is 9.47 Å². The molecule has 1 atom stereocenters. The molecule has 104 valence electrons. The summed E-state index contributed by atoms with van der Waals surface area (Å²) in [4.78, 5) is 0. The van der Waals surface area contributed by atoms with E-state index in [0.717, 1.165) is 38.5 Å². The lowest BCUT2D eigenvalue weighted by Gasteiger charge is -2.24. The van der Waals surface area contributed by atoms with E-state index in [1.54, 1.807) is 0 Å². The first-order valence-corrected chi connectivity index (χ1v) is 7.48. The third-order valence-corrected chi connectivity index (χ3v) is 4.08. The molecule has 3 heteroatoms. The van der Waals surface area contributed by atoms with Gasteiger partial charge < -0.3 is 14.8 Å². The first kappa shape index (κ1) is 12.9. The molecule has 1 aromatic rings. The fourth-order valence-corrected chi connectivity index (χ4v) is 3.00. The van der Waals surface area contributed by atoms with Crippen molar-refractivity contribution in [3.63, 3.8) is 0 Å². The molecule has 1 aliphatic heterocycles. The summed E-state index contributed by atoms with van der Waals surface area (Å²) in [5, 5.41) is 3.46. The minimum Gasteiger partial charge on any atom is -0.493 e. The van der Waals surface area contributed by atoms with Gasteiger partial charge in [-0.15, -0.1) is 0 Å². The second-order valence-corrected chi connectivity index (χ2v) is 5.46. The molecule has 0 amide bonds. The lowest BCUT2D eigenvalue weighted by Crippen LogP contribution is -2.42. The van der Waals surface area contributed by atoms with Crippen molar-refractivity contribution in [1.82, 2.24) is 5.32 Å². The normalized spacial score (nSPS) is 22.8. The molecular weight excluding hydrogens is 238 g/mol. The molecule has 0 saturated carbocycles. The summed E-state index contributed by atoms with van der Waals surface area (Å²) in [6.07, 6.45) is 6.02. The number of hydrogen-bond donors (Lipinski definition) is 1. The van der Waals surface area contributed by atoms with Gasteiger partial charge in [-0.1, -0.05) is 12.1 Å². The van der Waals surface area contributed by atoms with Crippen molar-refractivity contribution in [2.24, 2.45) is 0 Å². The van der Waals surface area contributed by atoms with Gasteiger partial charge in [-0.2, -0.15) is 0 Å². The Morgan fingerprint density at radius 3 is 3.11 bits per heavy atom. The quantitative estimate of drug-likeness (QED) is 0.902. The highest BCUT2D eigenvalue weighted by molar-refractivity contribution is 5.41. The Kier molecular flexibility index (Phi) is 4.36. The molecule has 1 N–H and O–H groups in total. The number of hydrogen-bond acceptors (Lipinski definition) is 3. The van der Waals surface area contributed by atoms with E-state index in [4.69, 9.17) is 9.47 Å². The highest BCUT2D eigenvalue weighted by atomic mass is 16.5. The average molecular weight is 261 g/mol. The van der Waals surface area contributed by atoms with Gasteiger partial charge in [0.05, 0.1) is 19.8 Å². The zero-order valence-corrected chi connectivity index (χ0v) is 11.5. The summed E-state index contributed by atoms with van der Waals surface area (Å²) in [5.74, 6) is 1.11. The summed E-state index contributed by atoms with van der Waals surface area (Å²) in [6, 6.07) is 6.95. The topological polar surface area (TPSA) is 30.5 Å². The van der Waals surface area contributed by atoms with E-state index >= 15 is 0 Å². The molecule has 3 rings (SSSR count). The van der Waals surface area contributed by atoms with Gasteiger partial charge in [-0.25, -0.2) is 0 Å². The number of rotatable bonds is 4. The maximum atomic E-state index is 6.01. The first-order chi connectivity index (χ1) is 9.43. The number of morpholine rings is 1. The van der Waals surface area contributed by atoms with Crippen molar-refractivity contribution in [2.45, 2.75) is 38.1 Å². The van der Waals surface area contributed by atoms with E-state index in [1.807, 2.05) is 0 Å². The number of ether oxygens (including phenoxy) is 2. The van der Waals surface area contributed by atoms with Crippen molar-refractivity contribution in [2.75, 3.05) is 26.4 Å². The fraction of sp³-hybridized carbons (Fsp3) is 0.625. The van der Waals surface area contributed by atoms with Gasteiger partial charge in [-0.3, -0.25) is 0 Å². The van der Waals surface area contributed by atoms with E-state index in [0.29, 0.717) is 6.04 Å². The van der Waals surface area contributed by atoms with Crippen molar-refractivity contribution in [3.05, 3.63) is 29.3 Å². The van der Waals surface area contributed by atoms with Crippen molar-refractivity contribution in [1.29, 1.82) is 0 Å². The molecule has 1 heterocycles. The third kappa shape index (κ3) is 3.28. The Hall–Kier alpha value is -1.06. The molecule has 1 unspecified atom stereocenters. The SMILES string of the molecule is c1cc2c(c(OCCC3COCCN3)c1)CCCC2. The maximum Gasteiger partial charge on any atom is 0.122 e. The zero-order valence-electron chi connectivity index (χ0n) is 11.5. The number of fused-ring (bicyclic) bond motifs is 1. The van der Waals surface area contributed by atoms with E-state index in [9.17, 15) is 0 Å². The van der Waals surface area contributed by atoms with Gasteiger partial charge in [0.2, 0.25) is 0 Å². The molecule has 1 aliphatic carbocycles. The minimum atomic E-state index is 0.452. The van der Waals surface area contributed by atoms with E-state index in [1.165, 1.54) is 36.8 Å². The molecule has 0 bridgehead atoms. The Morgan fingerprint density at radius 2 is 2.21 bits per heavy atom. The lowest BCUT2D eigenvalue weighted by molar-refractivity contribution is 0.0691. The van der Waals surface area contributed by atoms with Gasteiger partial charge in [0, 0.05) is 12.6 Å². The van der Waals surface area contributed by atoms with E-state index in [2.05, 4.69) is 23.5 Å². The van der Waals surface area contributed by atoms with Crippen LogP contribution < -0.4 is 10.1 Å². The lowest BCUT2D eigenvalue weighted by atomic mass is 9.91. The van der Waals surface area contributed by atoms with Crippen LogP contribution in [0.15, 0.2) is 18.2 Å². The molecule has 0 radical (unpaired) electrons. The largest absolute Gasteiger partial charge is 0.493 e. The van der Waals surface area contributed by atoms with Gasteiger partial charge in [0.15, 0.2) is 0 Å². The van der Waals surface area contributed by atoms with Gasteiger partial charge >= 0.3 is 0 Å². The van der Waals surface area contributed by atoms with Crippen molar-refractivity contribution in [3.8, 4) is 5.75 Å². The number of aryl methyl sites for hydroxylation is 1. The second-order valence-electron chi connectivity index (χ2n) is 5.46. The summed E-state index contributed by atoms with van der Waals surface area (Å²) < 4.78 is 11.5. The summed E-state index contributed by atoms with van der Waals surface area (Å²) in [5.41, 5.74) is 2.93. The molecule has 2 aliphatic rings. The van der Waals surface area contributed by atoms with Crippen LogP contribution in [-0.2, 0) is 17.6 Å². The Morgan fingerprint density at radius 1 is 1.26 bits per heavy atom. The molecule has 0 aromatic heterocycles. The van der Waals surface area contributed by atoms with Crippen LogP contribution in [0.5, 0.6) is 5.75 Å². The van der Waals surface area contributed by atoms with Crippen LogP contribution in [0, 0.1) is 0 Å². The van der Waals surface area contributed by atoms with Crippen LogP contribution in [0.3, 0.4) is 0 Å². The molecule has 1 aromatic carbocycles. The molecule has 0 spiro atoms. The highest BCUT2D eigenvalue weighted by Crippen LogP contribution is 2.29. The number of nitrogens with one attached hydrogen (secondary N) is 1. The smallest absolute Gasteiger partial charge is 0.122 e. The number of benzene rings is 1. The molecular formula is C16H23NO2. The van der Waals surface area contributed by atoms with Crippen LogP contribution in [-0.4, -0.2) is 32.4 Å². The second kappa shape index (κ2) is 6.40. The molecule has 3 nitrogen and oxygen atoms in total. The maximum absolute atomic E-state index is 6.01. The third-order valence-electron chi connectivity index (χ3n) is 4.08. The van der Waals surface area contributed by atoms with Crippen LogP contribution in [0.25, 0.3) is 0 Å². The van der Waals surface area contributed by atoms with Gasteiger partial charge in [-0.05, 0) is 49.3 Å². The Balaban J connectivity index is 1.54. The zero-order chi connectivity index (χ0) is 12.9. The Labute approximate surface area is 115 Å². The molecule has 1 saturated heterocycles.